The van der Waals surface area contributed by atoms with Gasteiger partial charge < -0.3 is 10.2 Å². The molecule has 2 N–H and O–H groups in total. The molecule has 2 aromatic rings. The van der Waals surface area contributed by atoms with Crippen LogP contribution in [0.3, 0.4) is 0 Å². The third-order valence-electron chi connectivity index (χ3n) is 5.14. The SMILES string of the molecule is O=C1C[C@@H](c2ccc(S(=O)(=O)Nc3ccc(N4CCCC4=O)cc3)cc2)CN1. The minimum absolute atomic E-state index is 0.0162. The number of nitrogens with one attached hydrogen (secondary N) is 2. The van der Waals surface area contributed by atoms with Gasteiger partial charge in [-0.25, -0.2) is 8.42 Å². The molecule has 1 atom stereocenters. The number of carbonyl (C=O) groups excluding carboxylic acids is 2. The molecule has 2 saturated heterocycles. The molecular weight excluding hydrogens is 378 g/mol. The monoisotopic (exact) mass is 399 g/mol. The largest absolute Gasteiger partial charge is 0.355 e. The van der Waals surface area contributed by atoms with Crippen molar-refractivity contribution in [1.29, 1.82) is 0 Å². The Labute approximate surface area is 163 Å². The predicted octanol–water partition coefficient (Wildman–Crippen LogP) is 2.22. The average molecular weight is 399 g/mol. The van der Waals surface area contributed by atoms with Crippen molar-refractivity contribution in [3.8, 4) is 0 Å². The fourth-order valence-electron chi connectivity index (χ4n) is 3.60. The first kappa shape index (κ1) is 18.5. The van der Waals surface area contributed by atoms with Crippen LogP contribution >= 0.6 is 0 Å². The van der Waals surface area contributed by atoms with Gasteiger partial charge in [-0.1, -0.05) is 12.1 Å². The lowest BCUT2D eigenvalue weighted by Gasteiger charge is -2.16. The van der Waals surface area contributed by atoms with E-state index in [1.54, 1.807) is 53.4 Å². The quantitative estimate of drug-likeness (QED) is 0.806. The molecule has 2 amide bonds. The number of rotatable bonds is 5. The van der Waals surface area contributed by atoms with E-state index in [-0.39, 0.29) is 22.6 Å². The molecule has 0 saturated carbocycles. The average Bonchev–Trinajstić information content (AvgIpc) is 3.31. The molecule has 2 aliphatic heterocycles. The second-order valence-corrected chi connectivity index (χ2v) is 8.76. The number of sulfonamides is 1. The van der Waals surface area contributed by atoms with E-state index >= 15 is 0 Å². The summed E-state index contributed by atoms with van der Waals surface area (Å²) in [4.78, 5) is 25.0. The zero-order chi connectivity index (χ0) is 19.7. The van der Waals surface area contributed by atoms with Gasteiger partial charge in [-0.3, -0.25) is 14.3 Å². The van der Waals surface area contributed by atoms with Gasteiger partial charge in [0, 0.05) is 43.2 Å². The highest BCUT2D eigenvalue weighted by Crippen LogP contribution is 2.26. The topological polar surface area (TPSA) is 95.6 Å². The second kappa shape index (κ2) is 7.27. The van der Waals surface area contributed by atoms with E-state index in [4.69, 9.17) is 0 Å². The van der Waals surface area contributed by atoms with Crippen LogP contribution in [0.5, 0.6) is 0 Å². The fourth-order valence-corrected chi connectivity index (χ4v) is 4.66. The Hall–Kier alpha value is -2.87. The van der Waals surface area contributed by atoms with E-state index in [1.807, 2.05) is 0 Å². The molecule has 146 valence electrons. The number of hydrogen-bond acceptors (Lipinski definition) is 4. The van der Waals surface area contributed by atoms with Crippen LogP contribution in [0.15, 0.2) is 53.4 Å². The van der Waals surface area contributed by atoms with Gasteiger partial charge in [0.15, 0.2) is 0 Å². The van der Waals surface area contributed by atoms with Gasteiger partial charge in [0.25, 0.3) is 10.0 Å². The highest BCUT2D eigenvalue weighted by molar-refractivity contribution is 7.92. The highest BCUT2D eigenvalue weighted by Gasteiger charge is 2.24. The number of anilines is 2. The van der Waals surface area contributed by atoms with Gasteiger partial charge in [0.05, 0.1) is 4.90 Å². The predicted molar refractivity (Wildman–Crippen MR) is 106 cm³/mol. The standard InChI is InChI=1S/C20H21N3O4S/c24-19-12-15(13-21-19)14-3-9-18(10-4-14)28(26,27)22-16-5-7-17(8-6-16)23-11-1-2-20(23)25/h3-10,15,22H,1-2,11-13H2,(H,21,24)/t15-/m1/s1. The highest BCUT2D eigenvalue weighted by atomic mass is 32.2. The molecule has 0 aromatic heterocycles. The van der Waals surface area contributed by atoms with Crippen LogP contribution in [0, 0.1) is 0 Å². The molecule has 7 nitrogen and oxygen atoms in total. The summed E-state index contributed by atoms with van der Waals surface area (Å²) in [5, 5.41) is 2.78. The van der Waals surface area contributed by atoms with Gasteiger partial charge in [0.2, 0.25) is 11.8 Å². The van der Waals surface area contributed by atoms with Crippen molar-refractivity contribution in [2.45, 2.75) is 30.1 Å². The Morgan fingerprint density at radius 3 is 2.29 bits per heavy atom. The zero-order valence-corrected chi connectivity index (χ0v) is 16.0. The summed E-state index contributed by atoms with van der Waals surface area (Å²) in [6.45, 7) is 1.27. The van der Waals surface area contributed by atoms with Gasteiger partial charge >= 0.3 is 0 Å². The Bertz CT molecular complexity index is 1000. The van der Waals surface area contributed by atoms with E-state index in [1.165, 1.54) is 0 Å². The molecule has 0 spiro atoms. The minimum Gasteiger partial charge on any atom is -0.355 e. The summed E-state index contributed by atoms with van der Waals surface area (Å²) in [6.07, 6.45) is 1.82. The maximum atomic E-state index is 12.6. The lowest BCUT2D eigenvalue weighted by molar-refractivity contribution is -0.119. The number of amides is 2. The lowest BCUT2D eigenvalue weighted by Crippen LogP contribution is -2.23. The Morgan fingerprint density at radius 2 is 1.71 bits per heavy atom. The normalized spacial score (nSPS) is 19.7. The van der Waals surface area contributed by atoms with E-state index in [2.05, 4.69) is 10.0 Å². The molecule has 2 aliphatic rings. The zero-order valence-electron chi connectivity index (χ0n) is 15.2. The second-order valence-electron chi connectivity index (χ2n) is 7.08. The number of hydrogen-bond donors (Lipinski definition) is 2. The maximum Gasteiger partial charge on any atom is 0.261 e. The molecule has 0 radical (unpaired) electrons. The summed E-state index contributed by atoms with van der Waals surface area (Å²) in [5.74, 6) is 0.188. The van der Waals surface area contributed by atoms with Crippen molar-refractivity contribution in [2.24, 2.45) is 0 Å². The smallest absolute Gasteiger partial charge is 0.261 e. The lowest BCUT2D eigenvalue weighted by atomic mass is 9.99. The van der Waals surface area contributed by atoms with E-state index in [0.717, 1.165) is 17.7 Å². The number of carbonyl (C=O) groups is 2. The van der Waals surface area contributed by atoms with Gasteiger partial charge in [0.1, 0.15) is 0 Å². The summed E-state index contributed by atoms with van der Waals surface area (Å²) < 4.78 is 27.8. The Morgan fingerprint density at radius 1 is 1.00 bits per heavy atom. The fraction of sp³-hybridized carbons (Fsp3) is 0.300. The van der Waals surface area contributed by atoms with Crippen LogP contribution < -0.4 is 14.9 Å². The van der Waals surface area contributed by atoms with Crippen LogP contribution in [-0.2, 0) is 19.6 Å². The van der Waals surface area contributed by atoms with Gasteiger partial charge in [-0.05, 0) is 48.4 Å². The third-order valence-corrected chi connectivity index (χ3v) is 6.54. The summed E-state index contributed by atoms with van der Waals surface area (Å²) >= 11 is 0. The van der Waals surface area contributed by atoms with Gasteiger partial charge in [-0.2, -0.15) is 0 Å². The van der Waals surface area contributed by atoms with Crippen LogP contribution in [0.2, 0.25) is 0 Å². The first-order valence-corrected chi connectivity index (χ1v) is 10.7. The van der Waals surface area contributed by atoms with E-state index in [9.17, 15) is 18.0 Å². The number of benzene rings is 2. The molecule has 8 heteroatoms. The number of nitrogens with zero attached hydrogens (tertiary/aromatic N) is 1. The molecule has 28 heavy (non-hydrogen) atoms. The molecule has 0 aliphatic carbocycles. The van der Waals surface area contributed by atoms with Crippen LogP contribution in [-0.4, -0.2) is 33.3 Å². The third kappa shape index (κ3) is 3.73. The molecule has 0 unspecified atom stereocenters. The Kier molecular flexibility index (Phi) is 4.80. The first-order chi connectivity index (χ1) is 13.4. The minimum atomic E-state index is -3.72. The molecule has 0 bridgehead atoms. The molecule has 2 fully saturated rings. The van der Waals surface area contributed by atoms with E-state index in [0.29, 0.717) is 31.6 Å². The maximum absolute atomic E-state index is 12.6. The van der Waals surface area contributed by atoms with Crippen molar-refractivity contribution < 1.29 is 18.0 Å². The Balaban J connectivity index is 1.46. The van der Waals surface area contributed by atoms with Crippen LogP contribution in [0.25, 0.3) is 0 Å². The van der Waals surface area contributed by atoms with Crippen molar-refractivity contribution in [2.75, 3.05) is 22.7 Å². The summed E-state index contributed by atoms with van der Waals surface area (Å²) in [5.41, 5.74) is 2.15. The van der Waals surface area contributed by atoms with E-state index < -0.39 is 10.0 Å². The van der Waals surface area contributed by atoms with Crippen LogP contribution in [0.1, 0.15) is 30.7 Å². The summed E-state index contributed by atoms with van der Waals surface area (Å²) in [7, 11) is -3.72. The molecule has 2 heterocycles. The van der Waals surface area contributed by atoms with Crippen molar-refractivity contribution in [1.82, 2.24) is 5.32 Å². The van der Waals surface area contributed by atoms with Crippen molar-refractivity contribution >= 4 is 33.2 Å². The van der Waals surface area contributed by atoms with Gasteiger partial charge in [-0.15, -0.1) is 0 Å². The summed E-state index contributed by atoms with van der Waals surface area (Å²) in [6, 6.07) is 13.4. The molecule has 4 rings (SSSR count). The van der Waals surface area contributed by atoms with Crippen molar-refractivity contribution in [3.05, 3.63) is 54.1 Å². The molecule has 2 aromatic carbocycles. The van der Waals surface area contributed by atoms with Crippen molar-refractivity contribution in [3.63, 3.8) is 0 Å². The molecular formula is C20H21N3O4S. The first-order valence-electron chi connectivity index (χ1n) is 9.22. The van der Waals surface area contributed by atoms with Crippen LogP contribution in [0.4, 0.5) is 11.4 Å².